The van der Waals surface area contributed by atoms with Crippen molar-refractivity contribution in [2.75, 3.05) is 13.7 Å². The summed E-state index contributed by atoms with van der Waals surface area (Å²) in [4.78, 5) is 0.0193. The van der Waals surface area contributed by atoms with Crippen molar-refractivity contribution < 1.29 is 13.2 Å². The van der Waals surface area contributed by atoms with Crippen LogP contribution in [0.5, 0.6) is 0 Å². The molecule has 1 aromatic carbocycles. The van der Waals surface area contributed by atoms with Crippen molar-refractivity contribution in [3.8, 4) is 0 Å². The number of rotatable bonds is 4. The van der Waals surface area contributed by atoms with Crippen LogP contribution in [0.25, 0.3) is 0 Å². The summed E-state index contributed by atoms with van der Waals surface area (Å²) in [6.07, 6.45) is 0.508. The molecule has 0 aliphatic carbocycles. The molecule has 2 unspecified atom stereocenters. The van der Waals surface area contributed by atoms with Gasteiger partial charge in [-0.3, -0.25) is 0 Å². The van der Waals surface area contributed by atoms with Crippen LogP contribution >= 0.6 is 34.8 Å². The Kier molecular flexibility index (Phi) is 5.45. The SMILES string of the molecule is CC1OCCC1N(C)S(=O)(=O)c1ccc(Cl)c(CCl)c1Cl. The highest BCUT2D eigenvalue weighted by atomic mass is 35.5. The lowest BCUT2D eigenvalue weighted by molar-refractivity contribution is 0.102. The Labute approximate surface area is 140 Å². The van der Waals surface area contributed by atoms with E-state index in [1.54, 1.807) is 0 Å². The lowest BCUT2D eigenvalue weighted by Gasteiger charge is -2.26. The van der Waals surface area contributed by atoms with Gasteiger partial charge in [0.25, 0.3) is 0 Å². The first-order valence-corrected chi connectivity index (χ1v) is 9.16. The highest BCUT2D eigenvalue weighted by Gasteiger charge is 2.36. The van der Waals surface area contributed by atoms with Crippen molar-refractivity contribution in [3.63, 3.8) is 0 Å². The van der Waals surface area contributed by atoms with E-state index in [9.17, 15) is 8.42 Å². The van der Waals surface area contributed by atoms with Crippen molar-refractivity contribution in [1.29, 1.82) is 0 Å². The molecular formula is C13H16Cl3NO3S. The molecule has 0 aromatic heterocycles. The first-order chi connectivity index (χ1) is 9.80. The molecule has 1 aromatic rings. The van der Waals surface area contributed by atoms with Crippen molar-refractivity contribution in [1.82, 2.24) is 4.31 Å². The molecule has 2 atom stereocenters. The summed E-state index contributed by atoms with van der Waals surface area (Å²) in [7, 11) is -2.19. The van der Waals surface area contributed by atoms with Crippen molar-refractivity contribution >= 4 is 44.8 Å². The molecule has 1 aliphatic heterocycles. The molecule has 2 rings (SSSR count). The third-order valence-corrected chi connectivity index (χ3v) is 6.83. The molecule has 0 N–H and O–H groups in total. The molecule has 0 bridgehead atoms. The minimum Gasteiger partial charge on any atom is -0.377 e. The third-order valence-electron chi connectivity index (χ3n) is 3.74. The zero-order chi connectivity index (χ0) is 15.8. The van der Waals surface area contributed by atoms with E-state index >= 15 is 0 Å². The molecule has 118 valence electrons. The number of sulfonamides is 1. The largest absolute Gasteiger partial charge is 0.377 e. The van der Waals surface area contributed by atoms with Crippen LogP contribution in [0.15, 0.2) is 17.0 Å². The number of nitrogens with zero attached hydrogens (tertiary/aromatic N) is 1. The Balaban J connectivity index is 2.44. The minimum atomic E-state index is -3.73. The topological polar surface area (TPSA) is 46.6 Å². The van der Waals surface area contributed by atoms with Crippen LogP contribution in [0.3, 0.4) is 0 Å². The molecule has 0 amide bonds. The second-order valence-electron chi connectivity index (χ2n) is 4.92. The fourth-order valence-corrected chi connectivity index (χ4v) is 5.17. The maximum absolute atomic E-state index is 12.8. The van der Waals surface area contributed by atoms with Crippen LogP contribution in [0.2, 0.25) is 10.0 Å². The van der Waals surface area contributed by atoms with Gasteiger partial charge in [0.1, 0.15) is 4.90 Å². The summed E-state index contributed by atoms with van der Waals surface area (Å²) in [5, 5.41) is 0.435. The summed E-state index contributed by atoms with van der Waals surface area (Å²) in [6.45, 7) is 2.41. The van der Waals surface area contributed by atoms with Gasteiger partial charge in [-0.2, -0.15) is 4.31 Å². The predicted octanol–water partition coefficient (Wildman–Crippen LogP) is 3.53. The van der Waals surface area contributed by atoms with E-state index in [2.05, 4.69) is 0 Å². The van der Waals surface area contributed by atoms with Crippen LogP contribution in [0, 0.1) is 0 Å². The van der Waals surface area contributed by atoms with E-state index in [-0.39, 0.29) is 27.9 Å². The van der Waals surface area contributed by atoms with Crippen LogP contribution in [0.4, 0.5) is 0 Å². The Morgan fingerprint density at radius 1 is 1.38 bits per heavy atom. The summed E-state index contributed by atoms with van der Waals surface area (Å²) in [5.41, 5.74) is 0.421. The van der Waals surface area contributed by atoms with E-state index in [1.807, 2.05) is 6.92 Å². The molecule has 1 fully saturated rings. The standard InChI is InChI=1S/C13H16Cl3NO3S/c1-8-11(5-6-20-8)17(2)21(18,19)12-4-3-10(15)9(7-14)13(12)16/h3-4,8,11H,5-7H2,1-2H3. The number of ether oxygens (including phenoxy) is 1. The van der Waals surface area contributed by atoms with Gasteiger partial charge >= 0.3 is 0 Å². The Bertz CT molecular complexity index is 636. The van der Waals surface area contributed by atoms with Gasteiger partial charge in [-0.25, -0.2) is 8.42 Å². The summed E-state index contributed by atoms with van der Waals surface area (Å²) < 4.78 is 32.3. The molecule has 0 radical (unpaired) electrons. The number of likely N-dealkylation sites (N-methyl/N-ethyl adjacent to an activating group) is 1. The van der Waals surface area contributed by atoms with Gasteiger partial charge in [-0.15, -0.1) is 11.6 Å². The monoisotopic (exact) mass is 371 g/mol. The van der Waals surface area contributed by atoms with Gasteiger partial charge in [0.15, 0.2) is 0 Å². The van der Waals surface area contributed by atoms with Crippen molar-refractivity contribution in [3.05, 3.63) is 27.7 Å². The maximum Gasteiger partial charge on any atom is 0.244 e. The van der Waals surface area contributed by atoms with E-state index in [0.717, 1.165) is 0 Å². The second-order valence-corrected chi connectivity index (χ2v) is 7.94. The Morgan fingerprint density at radius 2 is 2.05 bits per heavy atom. The number of alkyl halides is 1. The van der Waals surface area contributed by atoms with E-state index in [1.165, 1.54) is 23.5 Å². The zero-order valence-corrected chi connectivity index (χ0v) is 14.7. The van der Waals surface area contributed by atoms with Gasteiger partial charge in [-0.05, 0) is 25.5 Å². The number of hydrogen-bond acceptors (Lipinski definition) is 3. The molecular weight excluding hydrogens is 357 g/mol. The molecule has 1 aliphatic rings. The molecule has 0 saturated carbocycles. The van der Waals surface area contributed by atoms with Gasteiger partial charge in [0.05, 0.1) is 23.0 Å². The fourth-order valence-electron chi connectivity index (χ4n) is 2.43. The van der Waals surface area contributed by atoms with E-state index in [0.29, 0.717) is 23.6 Å². The smallest absolute Gasteiger partial charge is 0.244 e. The molecule has 1 heterocycles. The zero-order valence-electron chi connectivity index (χ0n) is 11.6. The summed E-state index contributed by atoms with van der Waals surface area (Å²) in [5.74, 6) is 0.0493. The third kappa shape index (κ3) is 3.19. The van der Waals surface area contributed by atoms with Gasteiger partial charge < -0.3 is 4.74 Å². The Hall–Kier alpha value is -0.0400. The Morgan fingerprint density at radius 3 is 2.57 bits per heavy atom. The first kappa shape index (κ1) is 17.3. The molecule has 0 spiro atoms. The van der Waals surface area contributed by atoms with Crippen molar-refractivity contribution in [2.45, 2.75) is 36.3 Å². The number of hydrogen-bond donors (Lipinski definition) is 0. The molecule has 4 nitrogen and oxygen atoms in total. The van der Waals surface area contributed by atoms with Crippen LogP contribution in [-0.4, -0.2) is 38.5 Å². The van der Waals surface area contributed by atoms with E-state index < -0.39 is 10.0 Å². The highest BCUT2D eigenvalue weighted by Crippen LogP contribution is 2.35. The lowest BCUT2D eigenvalue weighted by Crippen LogP contribution is -2.41. The van der Waals surface area contributed by atoms with Gasteiger partial charge in [-0.1, -0.05) is 23.2 Å². The first-order valence-electron chi connectivity index (χ1n) is 6.43. The number of halogens is 3. The molecule has 1 saturated heterocycles. The van der Waals surface area contributed by atoms with E-state index in [4.69, 9.17) is 39.5 Å². The van der Waals surface area contributed by atoms with Gasteiger partial charge in [0, 0.05) is 24.2 Å². The normalized spacial score (nSPS) is 23.0. The van der Waals surface area contributed by atoms with Crippen molar-refractivity contribution in [2.24, 2.45) is 0 Å². The second kappa shape index (κ2) is 6.60. The van der Waals surface area contributed by atoms with Crippen LogP contribution in [0.1, 0.15) is 18.9 Å². The molecule has 8 heteroatoms. The summed E-state index contributed by atoms with van der Waals surface area (Å²) >= 11 is 18.0. The maximum atomic E-state index is 12.8. The number of benzene rings is 1. The highest BCUT2D eigenvalue weighted by molar-refractivity contribution is 7.89. The van der Waals surface area contributed by atoms with Crippen LogP contribution < -0.4 is 0 Å². The lowest BCUT2D eigenvalue weighted by atomic mass is 10.2. The average Bonchev–Trinajstić information content (AvgIpc) is 2.84. The summed E-state index contributed by atoms with van der Waals surface area (Å²) in [6, 6.07) is 2.70. The van der Waals surface area contributed by atoms with Crippen LogP contribution in [-0.2, 0) is 20.6 Å². The quantitative estimate of drug-likeness (QED) is 0.760. The van der Waals surface area contributed by atoms with Gasteiger partial charge in [0.2, 0.25) is 10.0 Å². The molecule has 21 heavy (non-hydrogen) atoms. The predicted molar refractivity (Wildman–Crippen MR) is 84.8 cm³/mol. The fraction of sp³-hybridized carbons (Fsp3) is 0.538. The minimum absolute atomic E-state index is 0.0193. The average molecular weight is 373 g/mol.